The van der Waals surface area contributed by atoms with Gasteiger partial charge in [-0.15, -0.1) is 10.2 Å². The predicted octanol–water partition coefficient (Wildman–Crippen LogP) is 3.22. The number of ether oxygens (including phenoxy) is 2. The van der Waals surface area contributed by atoms with Crippen LogP contribution in [0.1, 0.15) is 35.8 Å². The highest BCUT2D eigenvalue weighted by atomic mass is 35.5. The Labute approximate surface area is 128 Å². The summed E-state index contributed by atoms with van der Waals surface area (Å²) in [5.41, 5.74) is 2.04. The van der Waals surface area contributed by atoms with Crippen molar-refractivity contribution in [2.24, 2.45) is 0 Å². The number of fused-ring (bicyclic) bond motifs is 1. The fourth-order valence-electron chi connectivity index (χ4n) is 2.63. The van der Waals surface area contributed by atoms with E-state index in [4.69, 9.17) is 21.1 Å². The van der Waals surface area contributed by atoms with Crippen molar-refractivity contribution in [3.63, 3.8) is 0 Å². The maximum Gasteiger partial charge on any atom is 0.174 e. The van der Waals surface area contributed by atoms with Crippen LogP contribution in [0, 0.1) is 13.8 Å². The second-order valence-electron chi connectivity index (χ2n) is 5.31. The summed E-state index contributed by atoms with van der Waals surface area (Å²) in [7, 11) is 0. The highest BCUT2D eigenvalue weighted by Gasteiger charge is 2.22. The molecule has 1 aliphatic rings. The topological polar surface area (TPSA) is 49.2 Å². The first-order valence-electron chi connectivity index (χ1n) is 6.99. The molecule has 0 N–H and O–H groups in total. The first-order chi connectivity index (χ1) is 10.1. The summed E-state index contributed by atoms with van der Waals surface area (Å²) >= 11 is 6.06. The van der Waals surface area contributed by atoms with Crippen molar-refractivity contribution in [2.45, 2.75) is 40.0 Å². The van der Waals surface area contributed by atoms with Gasteiger partial charge in [-0.1, -0.05) is 11.6 Å². The van der Waals surface area contributed by atoms with Crippen molar-refractivity contribution in [1.29, 1.82) is 0 Å². The minimum Gasteiger partial charge on any atom is -0.482 e. The fraction of sp³-hybridized carbons (Fsp3) is 0.467. The molecule has 1 aromatic carbocycles. The van der Waals surface area contributed by atoms with Crippen LogP contribution in [0.4, 0.5) is 0 Å². The largest absolute Gasteiger partial charge is 0.482 e. The van der Waals surface area contributed by atoms with Crippen LogP contribution >= 0.6 is 11.6 Å². The molecule has 3 rings (SSSR count). The molecule has 0 spiro atoms. The van der Waals surface area contributed by atoms with E-state index in [1.807, 2.05) is 32.9 Å². The molecule has 1 aromatic heterocycles. The fourth-order valence-corrected chi connectivity index (χ4v) is 2.96. The van der Waals surface area contributed by atoms with Gasteiger partial charge in [0.05, 0.1) is 6.61 Å². The van der Waals surface area contributed by atoms with Gasteiger partial charge >= 0.3 is 0 Å². The van der Waals surface area contributed by atoms with E-state index < -0.39 is 0 Å². The molecule has 21 heavy (non-hydrogen) atoms. The van der Waals surface area contributed by atoms with E-state index in [1.54, 1.807) is 0 Å². The SMILES string of the molecule is Cc1cc(Cl)cc(C)c1OC(C)c1nnc2n1CCOC2. The van der Waals surface area contributed by atoms with Crippen molar-refractivity contribution in [3.05, 3.63) is 39.9 Å². The lowest BCUT2D eigenvalue weighted by Crippen LogP contribution is -2.21. The van der Waals surface area contributed by atoms with Crippen LogP contribution < -0.4 is 4.74 Å². The minimum absolute atomic E-state index is 0.178. The van der Waals surface area contributed by atoms with Gasteiger partial charge in [0.15, 0.2) is 17.8 Å². The Morgan fingerprint density at radius 1 is 1.29 bits per heavy atom. The van der Waals surface area contributed by atoms with Gasteiger partial charge in [-0.05, 0) is 44.0 Å². The highest BCUT2D eigenvalue weighted by molar-refractivity contribution is 6.30. The maximum atomic E-state index is 6.12. The second kappa shape index (κ2) is 5.66. The third kappa shape index (κ3) is 2.76. The second-order valence-corrected chi connectivity index (χ2v) is 5.74. The Bertz CT molecular complexity index is 646. The monoisotopic (exact) mass is 307 g/mol. The zero-order valence-corrected chi connectivity index (χ0v) is 13.1. The number of nitrogens with zero attached hydrogens (tertiary/aromatic N) is 3. The summed E-state index contributed by atoms with van der Waals surface area (Å²) in [6.07, 6.45) is -0.178. The van der Waals surface area contributed by atoms with E-state index >= 15 is 0 Å². The average molecular weight is 308 g/mol. The van der Waals surface area contributed by atoms with Gasteiger partial charge in [-0.25, -0.2) is 0 Å². The van der Waals surface area contributed by atoms with E-state index in [1.165, 1.54) is 0 Å². The summed E-state index contributed by atoms with van der Waals surface area (Å²) in [6, 6.07) is 3.81. The normalized spacial score (nSPS) is 15.6. The van der Waals surface area contributed by atoms with Gasteiger partial charge in [0, 0.05) is 11.6 Å². The van der Waals surface area contributed by atoms with E-state index in [0.29, 0.717) is 13.2 Å². The molecule has 2 heterocycles. The van der Waals surface area contributed by atoms with Gasteiger partial charge in [0.25, 0.3) is 0 Å². The van der Waals surface area contributed by atoms with E-state index in [9.17, 15) is 0 Å². The number of benzene rings is 1. The Morgan fingerprint density at radius 2 is 2.00 bits per heavy atom. The molecule has 0 saturated carbocycles. The summed E-state index contributed by atoms with van der Waals surface area (Å²) in [5, 5.41) is 9.14. The van der Waals surface area contributed by atoms with E-state index in [-0.39, 0.29) is 6.10 Å². The summed E-state index contributed by atoms with van der Waals surface area (Å²) < 4.78 is 13.6. The minimum atomic E-state index is -0.178. The van der Waals surface area contributed by atoms with Crippen LogP contribution in [0.5, 0.6) is 5.75 Å². The first-order valence-corrected chi connectivity index (χ1v) is 7.37. The Kier molecular flexibility index (Phi) is 3.87. The van der Waals surface area contributed by atoms with Crippen molar-refractivity contribution < 1.29 is 9.47 Å². The first kappa shape index (κ1) is 14.4. The van der Waals surface area contributed by atoms with Crippen LogP contribution in [-0.4, -0.2) is 21.4 Å². The number of aryl methyl sites for hydroxylation is 2. The number of hydrogen-bond donors (Lipinski definition) is 0. The van der Waals surface area contributed by atoms with E-state index in [0.717, 1.165) is 40.1 Å². The average Bonchev–Trinajstić information content (AvgIpc) is 2.86. The van der Waals surface area contributed by atoms with E-state index in [2.05, 4.69) is 14.8 Å². The summed E-state index contributed by atoms with van der Waals surface area (Å²) in [4.78, 5) is 0. The molecule has 0 saturated heterocycles. The lowest BCUT2D eigenvalue weighted by Gasteiger charge is -2.21. The number of hydrogen-bond acceptors (Lipinski definition) is 4. The number of rotatable bonds is 3. The highest BCUT2D eigenvalue weighted by Crippen LogP contribution is 2.31. The number of aromatic nitrogens is 3. The zero-order chi connectivity index (χ0) is 15.0. The molecule has 2 aromatic rings. The Morgan fingerprint density at radius 3 is 2.71 bits per heavy atom. The molecule has 1 unspecified atom stereocenters. The van der Waals surface area contributed by atoms with Gasteiger partial charge in [-0.3, -0.25) is 0 Å². The molecule has 1 aliphatic heterocycles. The molecule has 0 fully saturated rings. The molecule has 1 atom stereocenters. The van der Waals surface area contributed by atoms with Crippen LogP contribution in [0.3, 0.4) is 0 Å². The Balaban J connectivity index is 1.87. The number of halogens is 1. The molecule has 0 radical (unpaired) electrons. The summed E-state index contributed by atoms with van der Waals surface area (Å²) in [5.74, 6) is 2.55. The smallest absolute Gasteiger partial charge is 0.174 e. The van der Waals surface area contributed by atoms with Gasteiger partial charge in [0.2, 0.25) is 0 Å². The lowest BCUT2D eigenvalue weighted by molar-refractivity contribution is 0.0778. The maximum absolute atomic E-state index is 6.12. The van der Waals surface area contributed by atoms with Crippen LogP contribution in [0.2, 0.25) is 5.02 Å². The van der Waals surface area contributed by atoms with Crippen molar-refractivity contribution in [1.82, 2.24) is 14.8 Å². The molecular weight excluding hydrogens is 290 g/mol. The van der Waals surface area contributed by atoms with Crippen LogP contribution in [0.15, 0.2) is 12.1 Å². The molecule has 0 aliphatic carbocycles. The van der Waals surface area contributed by atoms with Crippen LogP contribution in [0.25, 0.3) is 0 Å². The van der Waals surface area contributed by atoms with Crippen molar-refractivity contribution in [3.8, 4) is 5.75 Å². The summed E-state index contributed by atoms with van der Waals surface area (Å²) in [6.45, 7) is 7.94. The van der Waals surface area contributed by atoms with Gasteiger partial charge in [-0.2, -0.15) is 0 Å². The molecule has 0 amide bonds. The molecular formula is C15H18ClN3O2. The molecule has 112 valence electrons. The van der Waals surface area contributed by atoms with Gasteiger partial charge in [0.1, 0.15) is 12.4 Å². The molecule has 0 bridgehead atoms. The molecule has 5 nitrogen and oxygen atoms in total. The quantitative estimate of drug-likeness (QED) is 0.873. The van der Waals surface area contributed by atoms with Crippen LogP contribution in [-0.2, 0) is 17.9 Å². The standard InChI is InChI=1S/C15H18ClN3O2/c1-9-6-12(16)7-10(2)14(9)21-11(3)15-18-17-13-8-20-5-4-19(13)15/h6-7,11H,4-5,8H2,1-3H3. The van der Waals surface area contributed by atoms with Crippen molar-refractivity contribution >= 4 is 11.6 Å². The van der Waals surface area contributed by atoms with Crippen molar-refractivity contribution in [2.75, 3.05) is 6.61 Å². The van der Waals surface area contributed by atoms with Gasteiger partial charge < -0.3 is 14.0 Å². The predicted molar refractivity (Wildman–Crippen MR) is 79.6 cm³/mol. The zero-order valence-electron chi connectivity index (χ0n) is 12.4. The lowest BCUT2D eigenvalue weighted by atomic mass is 10.1. The third-order valence-corrected chi connectivity index (χ3v) is 3.85. The Hall–Kier alpha value is -1.59. The molecule has 6 heteroatoms. The third-order valence-electron chi connectivity index (χ3n) is 3.63.